The third-order valence-electron chi connectivity index (χ3n) is 1.61. The van der Waals surface area contributed by atoms with Crippen LogP contribution in [0.3, 0.4) is 0 Å². The van der Waals surface area contributed by atoms with Gasteiger partial charge < -0.3 is 5.73 Å². The lowest BCUT2D eigenvalue weighted by molar-refractivity contribution is 0.140. The highest BCUT2D eigenvalue weighted by atomic mass is 19.3. The zero-order chi connectivity index (χ0) is 10.7. The highest BCUT2D eigenvalue weighted by Gasteiger charge is 2.18. The van der Waals surface area contributed by atoms with Crippen LogP contribution in [0.1, 0.15) is 23.4 Å². The zero-order valence-electron chi connectivity index (χ0n) is 6.97. The molecule has 0 radical (unpaired) electrons. The fourth-order valence-corrected chi connectivity index (χ4v) is 0.946. The van der Waals surface area contributed by atoms with Gasteiger partial charge in [0.1, 0.15) is 17.5 Å². The van der Waals surface area contributed by atoms with Crippen LogP contribution in [-0.4, -0.2) is 4.98 Å². The summed E-state index contributed by atoms with van der Waals surface area (Å²) in [4.78, 5) is 3.19. The molecule has 0 aliphatic rings. The Morgan fingerprint density at radius 2 is 2.21 bits per heavy atom. The monoisotopic (exact) mass is 201 g/mol. The van der Waals surface area contributed by atoms with Crippen molar-refractivity contribution in [2.75, 3.05) is 0 Å². The molecule has 0 unspecified atom stereocenters. The minimum atomic E-state index is -3.03. The second-order valence-corrected chi connectivity index (χ2v) is 2.48. The van der Waals surface area contributed by atoms with Gasteiger partial charge in [-0.15, -0.1) is 0 Å². The van der Waals surface area contributed by atoms with Crippen LogP contribution in [0.5, 0.6) is 0 Å². The van der Waals surface area contributed by atoms with Crippen molar-refractivity contribution < 1.29 is 13.2 Å². The summed E-state index contributed by atoms with van der Waals surface area (Å²) in [5, 5.41) is 8.51. The van der Waals surface area contributed by atoms with Crippen molar-refractivity contribution >= 4 is 0 Å². The van der Waals surface area contributed by atoms with Crippen LogP contribution in [0.2, 0.25) is 0 Å². The molecule has 0 aromatic carbocycles. The molecule has 0 atom stereocenters. The van der Waals surface area contributed by atoms with E-state index in [9.17, 15) is 13.2 Å². The smallest absolute Gasteiger partial charge is 0.283 e. The molecule has 0 saturated heterocycles. The fraction of sp³-hybridized carbons (Fsp3) is 0.250. The molecule has 2 N–H and O–H groups in total. The quantitative estimate of drug-likeness (QED) is 0.788. The van der Waals surface area contributed by atoms with Gasteiger partial charge in [0.15, 0.2) is 5.82 Å². The lowest BCUT2D eigenvalue weighted by atomic mass is 10.1. The standard InChI is InChI=1S/C8H6F3N3/c9-5-1-4(2-12)6(3-13)14-7(5)8(10)11/h1,8H,2,12H2. The van der Waals surface area contributed by atoms with Crippen molar-refractivity contribution in [2.24, 2.45) is 5.73 Å². The molecule has 0 aliphatic carbocycles. The SMILES string of the molecule is N#Cc1nc(C(F)F)c(F)cc1CN. The van der Waals surface area contributed by atoms with Crippen molar-refractivity contribution in [3.63, 3.8) is 0 Å². The van der Waals surface area contributed by atoms with Crippen molar-refractivity contribution in [3.05, 3.63) is 28.8 Å². The predicted octanol–water partition coefficient (Wildman–Crippen LogP) is 1.49. The molecular weight excluding hydrogens is 195 g/mol. The average molecular weight is 201 g/mol. The first-order chi connectivity index (χ1) is 6.60. The van der Waals surface area contributed by atoms with E-state index in [4.69, 9.17) is 11.0 Å². The number of alkyl halides is 2. The Morgan fingerprint density at radius 3 is 2.64 bits per heavy atom. The van der Waals surface area contributed by atoms with E-state index in [2.05, 4.69) is 4.98 Å². The Balaban J connectivity index is 3.32. The van der Waals surface area contributed by atoms with E-state index in [1.54, 1.807) is 6.07 Å². The molecule has 0 bridgehead atoms. The first kappa shape index (κ1) is 10.5. The number of rotatable bonds is 2. The summed E-state index contributed by atoms with van der Waals surface area (Å²) >= 11 is 0. The van der Waals surface area contributed by atoms with Crippen molar-refractivity contribution in [2.45, 2.75) is 13.0 Å². The average Bonchev–Trinajstić information content (AvgIpc) is 2.16. The van der Waals surface area contributed by atoms with Crippen LogP contribution in [0, 0.1) is 17.1 Å². The molecular formula is C8H6F3N3. The van der Waals surface area contributed by atoms with Gasteiger partial charge in [0, 0.05) is 12.1 Å². The van der Waals surface area contributed by atoms with Crippen LogP contribution < -0.4 is 5.73 Å². The maximum absolute atomic E-state index is 12.9. The van der Waals surface area contributed by atoms with Crippen LogP contribution in [0.4, 0.5) is 13.2 Å². The second-order valence-electron chi connectivity index (χ2n) is 2.48. The molecule has 0 spiro atoms. The first-order valence-corrected chi connectivity index (χ1v) is 3.67. The predicted molar refractivity (Wildman–Crippen MR) is 41.8 cm³/mol. The topological polar surface area (TPSA) is 62.7 Å². The summed E-state index contributed by atoms with van der Waals surface area (Å²) in [5.74, 6) is -1.14. The second kappa shape index (κ2) is 4.07. The molecule has 6 heteroatoms. The van der Waals surface area contributed by atoms with E-state index in [1.165, 1.54) is 0 Å². The molecule has 74 valence electrons. The Hall–Kier alpha value is -1.61. The summed E-state index contributed by atoms with van der Waals surface area (Å²) in [7, 11) is 0. The zero-order valence-corrected chi connectivity index (χ0v) is 6.97. The van der Waals surface area contributed by atoms with Crippen molar-refractivity contribution in [3.8, 4) is 6.07 Å². The number of aromatic nitrogens is 1. The van der Waals surface area contributed by atoms with Gasteiger partial charge in [0.2, 0.25) is 0 Å². The Bertz CT molecular complexity index is 384. The summed E-state index contributed by atoms with van der Waals surface area (Å²) < 4.78 is 37.2. The lowest BCUT2D eigenvalue weighted by Gasteiger charge is -2.04. The summed E-state index contributed by atoms with van der Waals surface area (Å²) in [5.41, 5.74) is 4.02. The molecule has 0 aliphatic heterocycles. The first-order valence-electron chi connectivity index (χ1n) is 3.67. The molecule has 14 heavy (non-hydrogen) atoms. The molecule has 0 fully saturated rings. The van der Waals surface area contributed by atoms with Crippen LogP contribution in [0.25, 0.3) is 0 Å². The highest BCUT2D eigenvalue weighted by Crippen LogP contribution is 2.21. The largest absolute Gasteiger partial charge is 0.326 e. The van der Waals surface area contributed by atoms with Gasteiger partial charge in [0.05, 0.1) is 0 Å². The van der Waals surface area contributed by atoms with Gasteiger partial charge in [-0.25, -0.2) is 18.2 Å². The van der Waals surface area contributed by atoms with E-state index in [1.807, 2.05) is 0 Å². The summed E-state index contributed by atoms with van der Waals surface area (Å²) in [6.07, 6.45) is -3.03. The maximum Gasteiger partial charge on any atom is 0.283 e. The molecule has 3 nitrogen and oxygen atoms in total. The Morgan fingerprint density at radius 1 is 1.57 bits per heavy atom. The maximum atomic E-state index is 12.9. The number of pyridine rings is 1. The van der Waals surface area contributed by atoms with E-state index in [0.717, 1.165) is 6.07 Å². The summed E-state index contributed by atoms with van der Waals surface area (Å²) in [6.45, 7) is -0.115. The Kier molecular flexibility index (Phi) is 3.04. The van der Waals surface area contributed by atoms with Gasteiger partial charge >= 0.3 is 0 Å². The van der Waals surface area contributed by atoms with Crippen molar-refractivity contribution in [1.29, 1.82) is 5.26 Å². The molecule has 0 amide bonds. The van der Waals surface area contributed by atoms with Crippen LogP contribution >= 0.6 is 0 Å². The summed E-state index contributed by atoms with van der Waals surface area (Å²) in [6, 6.07) is 2.39. The number of nitriles is 1. The Labute approximate surface area is 78.0 Å². The number of nitrogens with zero attached hydrogens (tertiary/aromatic N) is 2. The third kappa shape index (κ3) is 1.83. The van der Waals surface area contributed by atoms with Gasteiger partial charge in [-0.3, -0.25) is 0 Å². The van der Waals surface area contributed by atoms with Gasteiger partial charge in [-0.1, -0.05) is 0 Å². The van der Waals surface area contributed by atoms with E-state index >= 15 is 0 Å². The van der Waals surface area contributed by atoms with Crippen molar-refractivity contribution in [1.82, 2.24) is 4.98 Å². The van der Waals surface area contributed by atoms with E-state index in [-0.39, 0.29) is 17.8 Å². The third-order valence-corrected chi connectivity index (χ3v) is 1.61. The molecule has 1 aromatic heterocycles. The van der Waals surface area contributed by atoms with Gasteiger partial charge in [-0.05, 0) is 6.07 Å². The van der Waals surface area contributed by atoms with Crippen LogP contribution in [-0.2, 0) is 6.54 Å². The number of hydrogen-bond acceptors (Lipinski definition) is 3. The van der Waals surface area contributed by atoms with Gasteiger partial charge in [-0.2, -0.15) is 5.26 Å². The molecule has 1 heterocycles. The lowest BCUT2D eigenvalue weighted by Crippen LogP contribution is -2.06. The molecule has 1 rings (SSSR count). The van der Waals surface area contributed by atoms with E-state index < -0.39 is 17.9 Å². The molecule has 1 aromatic rings. The minimum Gasteiger partial charge on any atom is -0.326 e. The number of hydrogen-bond donors (Lipinski definition) is 1. The minimum absolute atomic E-state index is 0.115. The highest BCUT2D eigenvalue weighted by molar-refractivity contribution is 5.33. The van der Waals surface area contributed by atoms with Gasteiger partial charge in [0.25, 0.3) is 6.43 Å². The normalized spacial score (nSPS) is 10.3. The molecule has 0 saturated carbocycles. The number of nitrogens with two attached hydrogens (primary N) is 1. The fourth-order valence-electron chi connectivity index (χ4n) is 0.946. The number of halogens is 3. The van der Waals surface area contributed by atoms with E-state index in [0.29, 0.717) is 0 Å². The van der Waals surface area contributed by atoms with Crippen LogP contribution in [0.15, 0.2) is 6.07 Å².